The monoisotopic (exact) mass is 382 g/mol. The Labute approximate surface area is 148 Å². The molecule has 0 aliphatic carbocycles. The van der Waals surface area contributed by atoms with Crippen LogP contribution in [0, 0.1) is 0 Å². The molecule has 0 aliphatic rings. The molecule has 126 valence electrons. The highest BCUT2D eigenvalue weighted by molar-refractivity contribution is 9.10. The third kappa shape index (κ3) is 8.52. The summed E-state index contributed by atoms with van der Waals surface area (Å²) in [5.74, 6) is 0. The fourth-order valence-electron chi connectivity index (χ4n) is 3.10. The van der Waals surface area contributed by atoms with Gasteiger partial charge in [0, 0.05) is 4.47 Å². The topological polar surface area (TPSA) is 0 Å². The molecule has 0 heterocycles. The van der Waals surface area contributed by atoms with E-state index >= 15 is 0 Å². The summed E-state index contributed by atoms with van der Waals surface area (Å²) in [5, 5.41) is 1.60. The average Bonchev–Trinajstić information content (AvgIpc) is 2.49. The van der Waals surface area contributed by atoms with Crippen LogP contribution in [0.2, 0.25) is 19.1 Å². The molecule has 0 saturated carbocycles. The molecule has 0 unspecified atom stereocenters. The Hall–Kier alpha value is -0.0831. The highest BCUT2D eigenvalue weighted by Crippen LogP contribution is 2.18. The second-order valence-electron chi connectivity index (χ2n) is 7.32. The lowest BCUT2D eigenvalue weighted by Gasteiger charge is -2.23. The van der Waals surface area contributed by atoms with E-state index in [4.69, 9.17) is 0 Å². The minimum absolute atomic E-state index is 1.19. The Morgan fingerprint density at radius 1 is 0.727 bits per heavy atom. The van der Waals surface area contributed by atoms with E-state index in [9.17, 15) is 0 Å². The van der Waals surface area contributed by atoms with Crippen LogP contribution in [0.4, 0.5) is 0 Å². The van der Waals surface area contributed by atoms with Crippen LogP contribution in [-0.2, 0) is 0 Å². The molecule has 0 saturated heterocycles. The van der Waals surface area contributed by atoms with Crippen LogP contribution in [0.1, 0.15) is 71.1 Å². The molecule has 2 heteroatoms. The van der Waals surface area contributed by atoms with E-state index in [0.29, 0.717) is 0 Å². The average molecular weight is 383 g/mol. The van der Waals surface area contributed by atoms with E-state index in [2.05, 4.69) is 60.2 Å². The summed E-state index contributed by atoms with van der Waals surface area (Å²) in [6, 6.07) is 10.5. The first-order valence-electron chi connectivity index (χ1n) is 9.32. The van der Waals surface area contributed by atoms with Crippen LogP contribution >= 0.6 is 15.9 Å². The lowest BCUT2D eigenvalue weighted by molar-refractivity contribution is 0.561. The highest BCUT2D eigenvalue weighted by atomic mass is 79.9. The lowest BCUT2D eigenvalue weighted by atomic mass is 10.1. The van der Waals surface area contributed by atoms with Crippen molar-refractivity contribution in [1.29, 1.82) is 0 Å². The van der Waals surface area contributed by atoms with Gasteiger partial charge in [0.2, 0.25) is 0 Å². The molecule has 0 bridgehead atoms. The third-order valence-electron chi connectivity index (χ3n) is 4.78. The van der Waals surface area contributed by atoms with E-state index in [1.807, 2.05) is 0 Å². The summed E-state index contributed by atoms with van der Waals surface area (Å²) in [4.78, 5) is 0. The molecule has 1 aromatic rings. The molecular weight excluding hydrogens is 348 g/mol. The van der Waals surface area contributed by atoms with Crippen molar-refractivity contribution in [2.45, 2.75) is 90.3 Å². The number of hydrogen-bond acceptors (Lipinski definition) is 0. The summed E-state index contributed by atoms with van der Waals surface area (Å²) >= 11 is 3.54. The Morgan fingerprint density at radius 2 is 1.18 bits per heavy atom. The second-order valence-corrected chi connectivity index (χ2v) is 13.1. The zero-order valence-electron chi connectivity index (χ0n) is 15.0. The summed E-state index contributed by atoms with van der Waals surface area (Å²) in [6.45, 7) is 7.33. The first kappa shape index (κ1) is 20.0. The molecule has 0 N–H and O–H groups in total. The van der Waals surface area contributed by atoms with Gasteiger partial charge in [0.15, 0.2) is 0 Å². The van der Waals surface area contributed by atoms with Crippen molar-refractivity contribution >= 4 is 29.2 Å². The summed E-state index contributed by atoms with van der Waals surface area (Å²) in [5.41, 5.74) is 0. The van der Waals surface area contributed by atoms with Crippen molar-refractivity contribution in [3.8, 4) is 0 Å². The number of benzene rings is 1. The number of unbranched alkanes of at least 4 members (excludes halogenated alkanes) is 9. The van der Waals surface area contributed by atoms with Crippen molar-refractivity contribution < 1.29 is 0 Å². The van der Waals surface area contributed by atoms with Gasteiger partial charge in [-0.25, -0.2) is 0 Å². The molecular formula is C20H35BrSi. The van der Waals surface area contributed by atoms with Crippen molar-refractivity contribution in [2.24, 2.45) is 0 Å². The summed E-state index contributed by atoms with van der Waals surface area (Å²) in [7, 11) is -1.21. The Bertz CT molecular complexity index is 383. The van der Waals surface area contributed by atoms with E-state index in [1.54, 1.807) is 5.19 Å². The Balaban J connectivity index is 2.07. The maximum absolute atomic E-state index is 3.54. The van der Waals surface area contributed by atoms with Crippen molar-refractivity contribution in [3.05, 3.63) is 28.7 Å². The standard InChI is InChI=1S/C20H35BrSi/c1-4-5-6-7-8-9-10-11-12-13-18-22(2,3)20-16-14-19(21)15-17-20/h14-17H,4-13,18H2,1-3H3. The maximum Gasteiger partial charge on any atom is 0.0806 e. The second kappa shape index (κ2) is 11.5. The van der Waals surface area contributed by atoms with Crippen molar-refractivity contribution in [1.82, 2.24) is 0 Å². The van der Waals surface area contributed by atoms with Gasteiger partial charge in [0.05, 0.1) is 8.07 Å². The molecule has 0 radical (unpaired) electrons. The number of rotatable bonds is 12. The molecule has 1 rings (SSSR count). The summed E-state index contributed by atoms with van der Waals surface area (Å²) < 4.78 is 1.19. The molecule has 0 fully saturated rings. The minimum atomic E-state index is -1.21. The number of hydrogen-bond donors (Lipinski definition) is 0. The van der Waals surface area contributed by atoms with Gasteiger partial charge in [-0.05, 0) is 12.1 Å². The van der Waals surface area contributed by atoms with Crippen LogP contribution in [0.25, 0.3) is 0 Å². The van der Waals surface area contributed by atoms with Crippen LogP contribution < -0.4 is 5.19 Å². The summed E-state index contributed by atoms with van der Waals surface area (Å²) in [6.07, 6.45) is 14.4. The van der Waals surface area contributed by atoms with Gasteiger partial charge >= 0.3 is 0 Å². The molecule has 0 aromatic heterocycles. The van der Waals surface area contributed by atoms with Crippen LogP contribution in [0.3, 0.4) is 0 Å². The first-order valence-corrected chi connectivity index (χ1v) is 13.3. The van der Waals surface area contributed by atoms with Gasteiger partial charge in [0.1, 0.15) is 0 Å². The normalized spacial score (nSPS) is 11.8. The molecule has 0 nitrogen and oxygen atoms in total. The van der Waals surface area contributed by atoms with E-state index in [1.165, 1.54) is 74.7 Å². The Kier molecular flexibility index (Phi) is 10.4. The quantitative estimate of drug-likeness (QED) is 0.263. The molecule has 0 aliphatic heterocycles. The fourth-order valence-corrected chi connectivity index (χ4v) is 5.86. The zero-order chi connectivity index (χ0) is 16.3. The van der Waals surface area contributed by atoms with Crippen molar-refractivity contribution in [3.63, 3.8) is 0 Å². The van der Waals surface area contributed by atoms with Gasteiger partial charge in [-0.3, -0.25) is 0 Å². The molecule has 0 atom stereocenters. The first-order chi connectivity index (χ1) is 10.6. The predicted molar refractivity (Wildman–Crippen MR) is 108 cm³/mol. The Morgan fingerprint density at radius 3 is 1.68 bits per heavy atom. The van der Waals surface area contributed by atoms with Gasteiger partial charge in [-0.15, -0.1) is 0 Å². The zero-order valence-corrected chi connectivity index (χ0v) is 17.6. The largest absolute Gasteiger partial charge is 0.0806 e. The van der Waals surface area contributed by atoms with Crippen LogP contribution in [0.5, 0.6) is 0 Å². The van der Waals surface area contributed by atoms with E-state index < -0.39 is 8.07 Å². The molecule has 22 heavy (non-hydrogen) atoms. The molecule has 0 amide bonds. The lowest BCUT2D eigenvalue weighted by Crippen LogP contribution is -2.40. The van der Waals surface area contributed by atoms with E-state index in [-0.39, 0.29) is 0 Å². The molecule has 1 aromatic carbocycles. The predicted octanol–water partition coefficient (Wildman–Crippen LogP) is 7.29. The van der Waals surface area contributed by atoms with Gasteiger partial charge in [-0.2, -0.15) is 0 Å². The highest BCUT2D eigenvalue weighted by Gasteiger charge is 2.22. The van der Waals surface area contributed by atoms with Crippen LogP contribution in [0.15, 0.2) is 28.7 Å². The van der Waals surface area contributed by atoms with Gasteiger partial charge in [0.25, 0.3) is 0 Å². The van der Waals surface area contributed by atoms with Crippen molar-refractivity contribution in [2.75, 3.05) is 0 Å². The van der Waals surface area contributed by atoms with Gasteiger partial charge < -0.3 is 0 Å². The smallest absolute Gasteiger partial charge is 0.0654 e. The maximum atomic E-state index is 3.54. The number of halogens is 1. The van der Waals surface area contributed by atoms with Crippen LogP contribution in [-0.4, -0.2) is 8.07 Å². The molecule has 0 spiro atoms. The fraction of sp³-hybridized carbons (Fsp3) is 0.700. The van der Waals surface area contributed by atoms with E-state index in [0.717, 1.165) is 0 Å². The minimum Gasteiger partial charge on any atom is -0.0654 e. The van der Waals surface area contributed by atoms with Gasteiger partial charge in [-0.1, -0.05) is 124 Å². The third-order valence-corrected chi connectivity index (χ3v) is 8.81. The SMILES string of the molecule is CCCCCCCCCCCC[Si](C)(C)c1ccc(Br)cc1.